The summed E-state index contributed by atoms with van der Waals surface area (Å²) in [7, 11) is 3.98. The minimum atomic E-state index is 0.894. The number of H-pyrrole nitrogens is 1. The fraction of sp³-hybridized carbons (Fsp3) is 0.412. The number of aromatic amines is 1. The molecule has 1 fully saturated rings. The van der Waals surface area contributed by atoms with Gasteiger partial charge in [-0.2, -0.15) is 0 Å². The minimum absolute atomic E-state index is 0.894. The second-order valence-corrected chi connectivity index (χ2v) is 6.51. The highest BCUT2D eigenvalue weighted by Crippen LogP contribution is 2.25. The van der Waals surface area contributed by atoms with Gasteiger partial charge in [-0.3, -0.25) is 0 Å². The molecule has 8 nitrogen and oxygen atoms in total. The molecule has 25 heavy (non-hydrogen) atoms. The minimum Gasteiger partial charge on any atom is -0.363 e. The smallest absolute Gasteiger partial charge is 0.156 e. The van der Waals surface area contributed by atoms with Crippen LogP contribution in [0.2, 0.25) is 0 Å². The second-order valence-electron chi connectivity index (χ2n) is 6.51. The molecule has 4 rings (SSSR count). The van der Waals surface area contributed by atoms with Gasteiger partial charge in [-0.25, -0.2) is 19.9 Å². The molecule has 1 aliphatic heterocycles. The van der Waals surface area contributed by atoms with Crippen molar-refractivity contribution >= 4 is 28.5 Å². The monoisotopic (exact) mass is 338 g/mol. The van der Waals surface area contributed by atoms with Crippen LogP contribution in [0.25, 0.3) is 11.0 Å². The van der Waals surface area contributed by atoms with Crippen LogP contribution in [0.1, 0.15) is 5.69 Å². The topological polar surface area (TPSA) is 77.1 Å². The van der Waals surface area contributed by atoms with Gasteiger partial charge in [-0.05, 0) is 13.0 Å². The number of nitrogens with one attached hydrogen (secondary N) is 1. The third-order valence-corrected chi connectivity index (χ3v) is 4.53. The van der Waals surface area contributed by atoms with Crippen molar-refractivity contribution in [2.24, 2.45) is 0 Å². The van der Waals surface area contributed by atoms with E-state index in [1.807, 2.05) is 32.0 Å². The molecule has 0 bridgehead atoms. The van der Waals surface area contributed by atoms with Gasteiger partial charge in [-0.15, -0.1) is 0 Å². The Hall–Kier alpha value is -2.90. The molecule has 8 heteroatoms. The molecule has 4 heterocycles. The molecule has 3 aromatic rings. The van der Waals surface area contributed by atoms with Crippen LogP contribution < -0.4 is 14.7 Å². The largest absolute Gasteiger partial charge is 0.363 e. The summed E-state index contributed by atoms with van der Waals surface area (Å²) in [4.78, 5) is 27.6. The van der Waals surface area contributed by atoms with Crippen LogP contribution in [0.4, 0.5) is 17.5 Å². The van der Waals surface area contributed by atoms with Crippen molar-refractivity contribution in [3.05, 3.63) is 30.5 Å². The second kappa shape index (κ2) is 6.19. The van der Waals surface area contributed by atoms with E-state index in [1.165, 1.54) is 0 Å². The van der Waals surface area contributed by atoms with Gasteiger partial charge >= 0.3 is 0 Å². The molecule has 3 aromatic heterocycles. The van der Waals surface area contributed by atoms with Gasteiger partial charge in [0, 0.05) is 52.0 Å². The first-order valence-electron chi connectivity index (χ1n) is 8.41. The van der Waals surface area contributed by atoms with E-state index in [4.69, 9.17) is 0 Å². The van der Waals surface area contributed by atoms with E-state index >= 15 is 0 Å². The van der Waals surface area contributed by atoms with Crippen molar-refractivity contribution in [2.45, 2.75) is 6.92 Å². The summed E-state index contributed by atoms with van der Waals surface area (Å²) < 4.78 is 0. The van der Waals surface area contributed by atoms with E-state index in [0.717, 1.165) is 60.4 Å². The molecule has 0 spiro atoms. The third kappa shape index (κ3) is 2.95. The number of aromatic nitrogens is 5. The van der Waals surface area contributed by atoms with Crippen LogP contribution in [-0.4, -0.2) is 65.2 Å². The van der Waals surface area contributed by atoms with E-state index in [1.54, 1.807) is 12.7 Å². The molecule has 1 N–H and O–H groups in total. The predicted molar refractivity (Wildman–Crippen MR) is 99.4 cm³/mol. The van der Waals surface area contributed by atoms with Gasteiger partial charge in [0.2, 0.25) is 0 Å². The zero-order chi connectivity index (χ0) is 17.4. The number of aryl methyl sites for hydroxylation is 1. The van der Waals surface area contributed by atoms with Crippen LogP contribution in [0.15, 0.2) is 24.8 Å². The van der Waals surface area contributed by atoms with E-state index < -0.39 is 0 Å². The van der Waals surface area contributed by atoms with Gasteiger partial charge in [0.1, 0.15) is 29.8 Å². The summed E-state index contributed by atoms with van der Waals surface area (Å²) in [6, 6.07) is 4.09. The lowest BCUT2D eigenvalue weighted by Gasteiger charge is -2.36. The average molecular weight is 338 g/mol. The first kappa shape index (κ1) is 15.6. The Bertz CT molecular complexity index is 879. The quantitative estimate of drug-likeness (QED) is 0.774. The molecule has 0 amide bonds. The zero-order valence-electron chi connectivity index (χ0n) is 14.8. The fourth-order valence-corrected chi connectivity index (χ4v) is 3.20. The normalized spacial score (nSPS) is 15.0. The number of hydrogen-bond donors (Lipinski definition) is 1. The summed E-state index contributed by atoms with van der Waals surface area (Å²) in [6.07, 6.45) is 3.28. The first-order valence-corrected chi connectivity index (χ1v) is 8.41. The van der Waals surface area contributed by atoms with Gasteiger partial charge in [0.15, 0.2) is 5.82 Å². The highest BCUT2D eigenvalue weighted by molar-refractivity contribution is 5.86. The Morgan fingerprint density at radius 1 is 0.920 bits per heavy atom. The highest BCUT2D eigenvalue weighted by Gasteiger charge is 2.22. The van der Waals surface area contributed by atoms with Gasteiger partial charge < -0.3 is 19.7 Å². The van der Waals surface area contributed by atoms with Gasteiger partial charge in [0.25, 0.3) is 0 Å². The summed E-state index contributed by atoms with van der Waals surface area (Å²) in [5.41, 5.74) is 3.09. The zero-order valence-corrected chi connectivity index (χ0v) is 14.8. The summed E-state index contributed by atoms with van der Waals surface area (Å²) >= 11 is 0. The standard InChI is InChI=1S/C17H22N8/c1-12-8-13-16(22-12)17(21-10-18-13)25-6-4-24(5-7-25)15-9-14(23(2)3)19-11-20-15/h8-11,22H,4-7H2,1-3H3. The number of piperazine rings is 1. The van der Waals surface area contributed by atoms with Crippen molar-refractivity contribution in [3.8, 4) is 0 Å². The van der Waals surface area contributed by atoms with E-state index in [-0.39, 0.29) is 0 Å². The molecule has 0 unspecified atom stereocenters. The fourth-order valence-electron chi connectivity index (χ4n) is 3.20. The van der Waals surface area contributed by atoms with E-state index in [9.17, 15) is 0 Å². The Balaban J connectivity index is 1.52. The molecule has 0 saturated carbocycles. The Morgan fingerprint density at radius 3 is 2.40 bits per heavy atom. The number of hydrogen-bond acceptors (Lipinski definition) is 7. The lowest BCUT2D eigenvalue weighted by atomic mass is 10.3. The molecule has 1 aliphatic rings. The van der Waals surface area contributed by atoms with Crippen molar-refractivity contribution in [1.82, 2.24) is 24.9 Å². The van der Waals surface area contributed by atoms with Crippen LogP contribution in [0.3, 0.4) is 0 Å². The van der Waals surface area contributed by atoms with Crippen LogP contribution >= 0.6 is 0 Å². The SMILES string of the molecule is Cc1cc2ncnc(N3CCN(c4cc(N(C)C)ncn4)CC3)c2[nH]1. The Morgan fingerprint density at radius 2 is 1.64 bits per heavy atom. The maximum atomic E-state index is 4.51. The molecule has 0 radical (unpaired) electrons. The molecule has 0 atom stereocenters. The number of anilines is 3. The predicted octanol–water partition coefficient (Wildman–Crippen LogP) is 1.45. The molecule has 0 aromatic carbocycles. The van der Waals surface area contributed by atoms with E-state index in [0.29, 0.717) is 0 Å². The Labute approximate surface area is 146 Å². The maximum Gasteiger partial charge on any atom is 0.156 e. The molecule has 130 valence electrons. The van der Waals surface area contributed by atoms with Crippen molar-refractivity contribution in [2.75, 3.05) is 55.0 Å². The first-order chi connectivity index (χ1) is 12.1. The molecule has 0 aliphatic carbocycles. The van der Waals surface area contributed by atoms with Gasteiger partial charge in [0.05, 0.1) is 5.52 Å². The summed E-state index contributed by atoms with van der Waals surface area (Å²) in [5, 5.41) is 0. The number of fused-ring (bicyclic) bond motifs is 1. The Kier molecular flexibility index (Phi) is 3.87. The lowest BCUT2D eigenvalue weighted by molar-refractivity contribution is 0.642. The number of rotatable bonds is 3. The average Bonchev–Trinajstić information content (AvgIpc) is 3.02. The molecule has 1 saturated heterocycles. The van der Waals surface area contributed by atoms with Crippen LogP contribution in [0, 0.1) is 6.92 Å². The highest BCUT2D eigenvalue weighted by atomic mass is 15.3. The lowest BCUT2D eigenvalue weighted by Crippen LogP contribution is -2.47. The van der Waals surface area contributed by atoms with Crippen LogP contribution in [-0.2, 0) is 0 Å². The third-order valence-electron chi connectivity index (χ3n) is 4.53. The van der Waals surface area contributed by atoms with Gasteiger partial charge in [-0.1, -0.05) is 0 Å². The van der Waals surface area contributed by atoms with Crippen molar-refractivity contribution in [3.63, 3.8) is 0 Å². The van der Waals surface area contributed by atoms with Crippen molar-refractivity contribution in [1.29, 1.82) is 0 Å². The van der Waals surface area contributed by atoms with Crippen molar-refractivity contribution < 1.29 is 0 Å². The van der Waals surface area contributed by atoms with Crippen LogP contribution in [0.5, 0.6) is 0 Å². The maximum absolute atomic E-state index is 4.51. The van der Waals surface area contributed by atoms with E-state index in [2.05, 4.69) is 40.8 Å². The number of nitrogens with zero attached hydrogens (tertiary/aromatic N) is 7. The molecular weight excluding hydrogens is 316 g/mol. The summed E-state index contributed by atoms with van der Waals surface area (Å²) in [5.74, 6) is 2.88. The molecular formula is C17H22N8. The summed E-state index contributed by atoms with van der Waals surface area (Å²) in [6.45, 7) is 5.63.